The summed E-state index contributed by atoms with van der Waals surface area (Å²) >= 11 is 2.13. The molecule has 0 spiro atoms. The van der Waals surface area contributed by atoms with Gasteiger partial charge < -0.3 is 9.47 Å². The zero-order valence-electron chi connectivity index (χ0n) is 19.5. The van der Waals surface area contributed by atoms with E-state index in [0.29, 0.717) is 23.7 Å². The van der Waals surface area contributed by atoms with Crippen LogP contribution in [0.25, 0.3) is 0 Å². The number of nitro benzene ring substituents is 1. The van der Waals surface area contributed by atoms with Crippen LogP contribution >= 0.6 is 22.6 Å². The van der Waals surface area contributed by atoms with Crippen molar-refractivity contribution in [3.8, 4) is 11.5 Å². The molecule has 6 rings (SSSR count). The number of halogens is 1. The standard InChI is InChI=1S/C26H24IN3O6/c1-2-35-21-12-16(11-20(27)24(21)36-14-15-3-9-19(10-4-15)30(33)34)13-28-29-25(31)22-17-5-6-18(8-7-17)23(22)26(29)32/h3-6,9-13,17-18,22-23H,2,7-8,14H2,1H3/b28-13-/t17-,18-,22-,23-/m0/s1. The maximum atomic E-state index is 13.0. The summed E-state index contributed by atoms with van der Waals surface area (Å²) in [4.78, 5) is 36.4. The van der Waals surface area contributed by atoms with Crippen molar-refractivity contribution in [1.29, 1.82) is 0 Å². The zero-order chi connectivity index (χ0) is 25.4. The Kier molecular flexibility index (Phi) is 6.78. The molecule has 1 saturated heterocycles. The van der Waals surface area contributed by atoms with Crippen LogP contribution in [0.15, 0.2) is 53.7 Å². The molecule has 3 aliphatic carbocycles. The molecule has 9 nitrogen and oxygen atoms in total. The molecule has 4 aliphatic rings. The molecular formula is C26H24IN3O6. The zero-order valence-corrected chi connectivity index (χ0v) is 21.7. The Balaban J connectivity index is 1.33. The van der Waals surface area contributed by atoms with E-state index in [9.17, 15) is 19.7 Å². The Labute approximate surface area is 221 Å². The number of rotatable bonds is 8. The number of nitro groups is 1. The highest BCUT2D eigenvalue weighted by Crippen LogP contribution is 2.49. The molecule has 4 atom stereocenters. The largest absolute Gasteiger partial charge is 0.490 e. The third-order valence-corrected chi connectivity index (χ3v) is 7.72. The van der Waals surface area contributed by atoms with Crippen LogP contribution in [0.4, 0.5) is 5.69 Å². The van der Waals surface area contributed by atoms with Crippen LogP contribution in [-0.4, -0.2) is 34.6 Å². The summed E-state index contributed by atoms with van der Waals surface area (Å²) in [6.07, 6.45) is 7.55. The SMILES string of the molecule is CCOc1cc(/C=N\N2C(=O)[C@@H]3[C@@H](C2=O)[C@H]2C=C[C@H]3CC2)cc(I)c1OCc1ccc([N+](=O)[O-])cc1. The normalized spacial score (nSPS) is 24.4. The smallest absolute Gasteiger partial charge is 0.269 e. The van der Waals surface area contributed by atoms with Crippen molar-refractivity contribution in [3.05, 3.63) is 73.4 Å². The van der Waals surface area contributed by atoms with Crippen molar-refractivity contribution in [1.82, 2.24) is 5.01 Å². The number of non-ortho nitro benzene ring substituents is 1. The van der Waals surface area contributed by atoms with Crippen molar-refractivity contribution in [2.75, 3.05) is 6.61 Å². The van der Waals surface area contributed by atoms with E-state index in [-0.39, 0.29) is 47.8 Å². The first-order valence-electron chi connectivity index (χ1n) is 11.8. The molecule has 2 fully saturated rings. The van der Waals surface area contributed by atoms with Crippen molar-refractivity contribution < 1.29 is 24.0 Å². The Morgan fingerprint density at radius 3 is 2.28 bits per heavy atom. The molecule has 36 heavy (non-hydrogen) atoms. The number of hydrazone groups is 1. The molecule has 2 amide bonds. The number of imide groups is 1. The maximum absolute atomic E-state index is 13.0. The van der Waals surface area contributed by atoms with Crippen LogP contribution in [0, 0.1) is 37.4 Å². The molecule has 0 N–H and O–H groups in total. The predicted molar refractivity (Wildman–Crippen MR) is 140 cm³/mol. The molecule has 10 heteroatoms. The summed E-state index contributed by atoms with van der Waals surface area (Å²) in [6, 6.07) is 9.76. The van der Waals surface area contributed by atoms with E-state index in [1.807, 2.05) is 13.0 Å². The molecule has 1 aliphatic heterocycles. The van der Waals surface area contributed by atoms with Crippen molar-refractivity contribution >= 4 is 46.3 Å². The average Bonchev–Trinajstić information content (AvgIpc) is 3.15. The van der Waals surface area contributed by atoms with Crippen molar-refractivity contribution in [2.24, 2.45) is 28.8 Å². The first kappa shape index (κ1) is 24.4. The molecule has 2 aromatic carbocycles. The lowest BCUT2D eigenvalue weighted by Gasteiger charge is -2.37. The lowest BCUT2D eigenvalue weighted by molar-refractivity contribution is -0.384. The minimum absolute atomic E-state index is 0.0186. The number of ether oxygens (including phenoxy) is 2. The van der Waals surface area contributed by atoms with Gasteiger partial charge in [0.25, 0.3) is 17.5 Å². The van der Waals surface area contributed by atoms with Gasteiger partial charge in [0, 0.05) is 12.1 Å². The van der Waals surface area contributed by atoms with E-state index in [0.717, 1.165) is 27.0 Å². The van der Waals surface area contributed by atoms with Gasteiger partial charge in [0.15, 0.2) is 11.5 Å². The fraction of sp³-hybridized carbons (Fsp3) is 0.346. The predicted octanol–water partition coefficient (Wildman–Crippen LogP) is 4.71. The number of benzene rings is 2. The van der Waals surface area contributed by atoms with Gasteiger partial charge in [-0.1, -0.05) is 12.2 Å². The van der Waals surface area contributed by atoms with E-state index in [4.69, 9.17) is 9.47 Å². The molecule has 2 aromatic rings. The summed E-state index contributed by atoms with van der Waals surface area (Å²) in [5.41, 5.74) is 1.47. The van der Waals surface area contributed by atoms with Crippen molar-refractivity contribution in [2.45, 2.75) is 26.4 Å². The van der Waals surface area contributed by atoms with Crippen LogP contribution in [0.5, 0.6) is 11.5 Å². The third-order valence-electron chi connectivity index (χ3n) is 6.92. The van der Waals surface area contributed by atoms with E-state index in [2.05, 4.69) is 39.8 Å². The minimum Gasteiger partial charge on any atom is -0.490 e. The van der Waals surface area contributed by atoms with Gasteiger partial charge in [-0.2, -0.15) is 10.1 Å². The number of hydrogen-bond donors (Lipinski definition) is 0. The molecule has 1 saturated carbocycles. The molecule has 1 heterocycles. The van der Waals surface area contributed by atoms with Crippen LogP contribution < -0.4 is 9.47 Å². The monoisotopic (exact) mass is 601 g/mol. The number of carbonyl (C=O) groups is 2. The minimum atomic E-state index is -0.445. The van der Waals surface area contributed by atoms with Gasteiger partial charge in [0.2, 0.25) is 0 Å². The van der Waals surface area contributed by atoms with E-state index < -0.39 is 4.92 Å². The average molecular weight is 601 g/mol. The Hall–Kier alpha value is -3.28. The second-order valence-electron chi connectivity index (χ2n) is 9.05. The van der Waals surface area contributed by atoms with E-state index in [1.54, 1.807) is 18.2 Å². The number of nitrogens with zero attached hydrogens (tertiary/aromatic N) is 3. The van der Waals surface area contributed by atoms with Gasteiger partial charge in [-0.15, -0.1) is 0 Å². The Bertz CT molecular complexity index is 1240. The number of fused-ring (bicyclic) bond motifs is 1. The van der Waals surface area contributed by atoms with Gasteiger partial charge in [0.05, 0.1) is 33.2 Å². The fourth-order valence-electron chi connectivity index (χ4n) is 5.23. The summed E-state index contributed by atoms with van der Waals surface area (Å²) in [7, 11) is 0. The van der Waals surface area contributed by atoms with E-state index >= 15 is 0 Å². The highest BCUT2D eigenvalue weighted by molar-refractivity contribution is 14.1. The summed E-state index contributed by atoms with van der Waals surface area (Å²) in [6.45, 7) is 2.48. The second kappa shape index (κ2) is 10.00. The lowest BCUT2D eigenvalue weighted by Crippen LogP contribution is -2.38. The van der Waals surface area contributed by atoms with Gasteiger partial charge in [-0.3, -0.25) is 19.7 Å². The van der Waals surface area contributed by atoms with Crippen LogP contribution in [0.3, 0.4) is 0 Å². The number of carbonyl (C=O) groups excluding carboxylic acids is 2. The fourth-order valence-corrected chi connectivity index (χ4v) is 6.01. The molecule has 186 valence electrons. The molecule has 0 radical (unpaired) electrons. The van der Waals surface area contributed by atoms with Gasteiger partial charge in [-0.05, 0) is 89.6 Å². The number of allylic oxidation sites excluding steroid dienone is 2. The van der Waals surface area contributed by atoms with Gasteiger partial charge in [-0.25, -0.2) is 0 Å². The highest BCUT2D eigenvalue weighted by Gasteiger charge is 2.56. The number of amides is 2. The molecule has 0 aromatic heterocycles. The highest BCUT2D eigenvalue weighted by atomic mass is 127. The van der Waals surface area contributed by atoms with Crippen LogP contribution in [0.1, 0.15) is 30.9 Å². The topological polar surface area (TPSA) is 111 Å². The third kappa shape index (κ3) is 4.49. The lowest BCUT2D eigenvalue weighted by atomic mass is 9.63. The maximum Gasteiger partial charge on any atom is 0.269 e. The Morgan fingerprint density at radius 2 is 1.72 bits per heavy atom. The number of hydrogen-bond acceptors (Lipinski definition) is 7. The first-order chi connectivity index (χ1) is 17.4. The van der Waals surface area contributed by atoms with Crippen molar-refractivity contribution in [3.63, 3.8) is 0 Å². The summed E-state index contributed by atoms with van der Waals surface area (Å²) in [5.74, 6) is 0.243. The molecular weight excluding hydrogens is 577 g/mol. The van der Waals surface area contributed by atoms with E-state index in [1.165, 1.54) is 18.3 Å². The molecule has 2 bridgehead atoms. The second-order valence-corrected chi connectivity index (χ2v) is 10.2. The van der Waals surface area contributed by atoms with Gasteiger partial charge in [0.1, 0.15) is 6.61 Å². The Morgan fingerprint density at radius 1 is 1.08 bits per heavy atom. The van der Waals surface area contributed by atoms with Gasteiger partial charge >= 0.3 is 0 Å². The molecule has 0 unspecified atom stereocenters. The first-order valence-corrected chi connectivity index (χ1v) is 12.9. The van der Waals surface area contributed by atoms with Crippen LogP contribution in [0.2, 0.25) is 0 Å². The summed E-state index contributed by atoms with van der Waals surface area (Å²) in [5, 5.41) is 16.2. The summed E-state index contributed by atoms with van der Waals surface area (Å²) < 4.78 is 12.5. The van der Waals surface area contributed by atoms with Crippen LogP contribution in [-0.2, 0) is 16.2 Å². The quantitative estimate of drug-likeness (QED) is 0.108.